The molecule has 0 aliphatic heterocycles. The molecule has 0 heterocycles. The Morgan fingerprint density at radius 3 is 2.16 bits per heavy atom. The monoisotopic (exact) mass is 245 g/mol. The predicted octanol–water partition coefficient (Wildman–Crippen LogP) is 4.95. The van der Waals surface area contributed by atoms with Gasteiger partial charge in [0.2, 0.25) is 0 Å². The van der Waals surface area contributed by atoms with Crippen molar-refractivity contribution in [3.8, 4) is 22.6 Å². The first-order chi connectivity index (χ1) is 9.42. The highest BCUT2D eigenvalue weighted by Gasteiger charge is 2.00. The van der Waals surface area contributed by atoms with Crippen LogP contribution >= 0.6 is 0 Å². The van der Waals surface area contributed by atoms with E-state index < -0.39 is 0 Å². The van der Waals surface area contributed by atoms with E-state index in [4.69, 9.17) is 4.74 Å². The largest absolute Gasteiger partial charge is 0.457 e. The highest BCUT2D eigenvalue weighted by atomic mass is 16.5. The van der Waals surface area contributed by atoms with Gasteiger partial charge in [0, 0.05) is 0 Å². The van der Waals surface area contributed by atoms with E-state index in [0.29, 0.717) is 0 Å². The summed E-state index contributed by atoms with van der Waals surface area (Å²) in [6.45, 7) is 0. The molecular weight excluding hydrogens is 232 g/mol. The van der Waals surface area contributed by atoms with Gasteiger partial charge in [-0.15, -0.1) is 0 Å². The fourth-order valence-electron chi connectivity index (χ4n) is 1.94. The van der Waals surface area contributed by atoms with Crippen LogP contribution in [0.2, 0.25) is 0 Å². The van der Waals surface area contributed by atoms with Crippen molar-refractivity contribution in [3.05, 3.63) is 84.9 Å². The second-order valence-electron chi connectivity index (χ2n) is 4.23. The summed E-state index contributed by atoms with van der Waals surface area (Å²) in [6, 6.07) is 28.8. The predicted molar refractivity (Wildman–Crippen MR) is 77.2 cm³/mol. The highest BCUT2D eigenvalue weighted by molar-refractivity contribution is 5.64. The maximum atomic E-state index is 5.83. The molecule has 0 N–H and O–H groups in total. The lowest BCUT2D eigenvalue weighted by atomic mass is 10.1. The molecule has 0 bridgehead atoms. The van der Waals surface area contributed by atoms with Crippen molar-refractivity contribution in [3.63, 3.8) is 0 Å². The van der Waals surface area contributed by atoms with Crippen LogP contribution in [0.3, 0.4) is 0 Å². The summed E-state index contributed by atoms with van der Waals surface area (Å²) in [6.07, 6.45) is 0. The van der Waals surface area contributed by atoms with E-state index in [2.05, 4.69) is 12.1 Å². The minimum Gasteiger partial charge on any atom is -0.457 e. The van der Waals surface area contributed by atoms with Gasteiger partial charge in [-0.1, -0.05) is 54.6 Å². The van der Waals surface area contributed by atoms with Crippen molar-refractivity contribution >= 4 is 0 Å². The van der Waals surface area contributed by atoms with Crippen LogP contribution in [0.1, 0.15) is 0 Å². The second-order valence-corrected chi connectivity index (χ2v) is 4.23. The van der Waals surface area contributed by atoms with Crippen LogP contribution in [0, 0.1) is 6.07 Å². The van der Waals surface area contributed by atoms with Gasteiger partial charge in [0.05, 0.1) is 0 Å². The van der Waals surface area contributed by atoms with Crippen molar-refractivity contribution in [2.45, 2.75) is 0 Å². The third-order valence-electron chi connectivity index (χ3n) is 2.86. The molecule has 0 spiro atoms. The Kier molecular flexibility index (Phi) is 3.28. The Morgan fingerprint density at radius 1 is 0.632 bits per heavy atom. The molecule has 1 radical (unpaired) electrons. The van der Waals surface area contributed by atoms with E-state index >= 15 is 0 Å². The van der Waals surface area contributed by atoms with Crippen LogP contribution in [0.25, 0.3) is 11.1 Å². The summed E-state index contributed by atoms with van der Waals surface area (Å²) in [5, 5.41) is 0. The highest BCUT2D eigenvalue weighted by Crippen LogP contribution is 2.26. The van der Waals surface area contributed by atoms with Gasteiger partial charge >= 0.3 is 0 Å². The Balaban J connectivity index is 1.89. The summed E-state index contributed by atoms with van der Waals surface area (Å²) >= 11 is 0. The SMILES string of the molecule is [c]1ccc(-c2cccc(Oc3ccccc3)c2)cc1. The molecule has 91 valence electrons. The van der Waals surface area contributed by atoms with Crippen LogP contribution in [0.15, 0.2) is 78.9 Å². The molecule has 0 aliphatic rings. The summed E-state index contributed by atoms with van der Waals surface area (Å²) in [5.41, 5.74) is 2.31. The summed E-state index contributed by atoms with van der Waals surface area (Å²) in [7, 11) is 0. The average Bonchev–Trinajstić information content (AvgIpc) is 2.49. The Morgan fingerprint density at radius 2 is 1.37 bits per heavy atom. The Bertz CT molecular complexity index is 645. The first-order valence-corrected chi connectivity index (χ1v) is 6.21. The fraction of sp³-hybridized carbons (Fsp3) is 0. The third-order valence-corrected chi connectivity index (χ3v) is 2.86. The Hall–Kier alpha value is -2.54. The summed E-state index contributed by atoms with van der Waals surface area (Å²) in [5.74, 6) is 1.69. The smallest absolute Gasteiger partial charge is 0.128 e. The molecule has 19 heavy (non-hydrogen) atoms. The van der Waals surface area contributed by atoms with E-state index in [0.717, 1.165) is 22.6 Å². The van der Waals surface area contributed by atoms with Gasteiger partial charge in [0.15, 0.2) is 0 Å². The van der Waals surface area contributed by atoms with Gasteiger partial charge in [-0.25, -0.2) is 0 Å². The quantitative estimate of drug-likeness (QED) is 0.634. The minimum atomic E-state index is 0.844. The summed E-state index contributed by atoms with van der Waals surface area (Å²) in [4.78, 5) is 0. The number of hydrogen-bond donors (Lipinski definition) is 0. The van der Waals surface area contributed by atoms with Crippen LogP contribution in [0.4, 0.5) is 0 Å². The number of rotatable bonds is 3. The lowest BCUT2D eigenvalue weighted by molar-refractivity contribution is 0.483. The number of hydrogen-bond acceptors (Lipinski definition) is 1. The molecule has 0 fully saturated rings. The number of para-hydroxylation sites is 1. The van der Waals surface area contributed by atoms with Gasteiger partial charge in [-0.05, 0) is 41.5 Å². The van der Waals surface area contributed by atoms with Gasteiger partial charge in [0.25, 0.3) is 0 Å². The lowest BCUT2D eigenvalue weighted by Gasteiger charge is -2.07. The maximum absolute atomic E-state index is 5.83. The van der Waals surface area contributed by atoms with Gasteiger partial charge in [-0.3, -0.25) is 0 Å². The van der Waals surface area contributed by atoms with E-state index in [-0.39, 0.29) is 0 Å². The molecule has 0 saturated heterocycles. The maximum Gasteiger partial charge on any atom is 0.128 e. The van der Waals surface area contributed by atoms with Crippen LogP contribution < -0.4 is 4.74 Å². The molecular formula is C18H13O. The van der Waals surface area contributed by atoms with Crippen LogP contribution in [-0.2, 0) is 0 Å². The van der Waals surface area contributed by atoms with E-state index in [1.165, 1.54) is 0 Å². The van der Waals surface area contributed by atoms with Crippen LogP contribution in [-0.4, -0.2) is 0 Å². The van der Waals surface area contributed by atoms with Crippen molar-refractivity contribution < 1.29 is 4.74 Å². The third kappa shape index (κ3) is 2.83. The minimum absolute atomic E-state index is 0.844. The molecule has 3 aromatic rings. The zero-order valence-corrected chi connectivity index (χ0v) is 10.4. The molecule has 0 aliphatic carbocycles. The van der Waals surface area contributed by atoms with E-state index in [9.17, 15) is 0 Å². The van der Waals surface area contributed by atoms with Crippen molar-refractivity contribution in [2.75, 3.05) is 0 Å². The van der Waals surface area contributed by atoms with Crippen LogP contribution in [0.5, 0.6) is 11.5 Å². The van der Waals surface area contributed by atoms with Crippen molar-refractivity contribution in [1.29, 1.82) is 0 Å². The second kappa shape index (κ2) is 5.40. The van der Waals surface area contributed by atoms with Crippen molar-refractivity contribution in [2.24, 2.45) is 0 Å². The molecule has 1 nitrogen and oxygen atoms in total. The van der Waals surface area contributed by atoms with Gasteiger partial charge in [-0.2, -0.15) is 0 Å². The average molecular weight is 245 g/mol. The molecule has 1 heteroatoms. The van der Waals surface area contributed by atoms with E-state index in [1.54, 1.807) is 0 Å². The zero-order valence-electron chi connectivity index (χ0n) is 10.4. The molecule has 0 saturated carbocycles. The van der Waals surface area contributed by atoms with Gasteiger partial charge < -0.3 is 4.74 Å². The lowest BCUT2D eigenvalue weighted by Crippen LogP contribution is -1.84. The summed E-state index contributed by atoms with van der Waals surface area (Å²) < 4.78 is 5.83. The standard InChI is InChI=1S/C18H13O/c1-3-8-15(9-4-1)16-10-7-13-18(14-16)19-17-11-5-2-6-12-17/h2-14H. The molecule has 3 aromatic carbocycles. The van der Waals surface area contributed by atoms with Crippen molar-refractivity contribution in [1.82, 2.24) is 0 Å². The Labute approximate surface area is 113 Å². The molecule has 0 amide bonds. The normalized spacial score (nSPS) is 10.1. The zero-order chi connectivity index (χ0) is 12.9. The fourth-order valence-corrected chi connectivity index (χ4v) is 1.94. The molecule has 0 atom stereocenters. The van der Waals surface area contributed by atoms with Gasteiger partial charge in [0.1, 0.15) is 11.5 Å². The first-order valence-electron chi connectivity index (χ1n) is 6.21. The molecule has 3 rings (SSSR count). The molecule has 0 unspecified atom stereocenters. The number of benzene rings is 3. The first kappa shape index (κ1) is 11.5. The van der Waals surface area contributed by atoms with E-state index in [1.807, 2.05) is 72.8 Å². The molecule has 0 aromatic heterocycles. The number of ether oxygens (including phenoxy) is 1. The topological polar surface area (TPSA) is 9.23 Å².